The van der Waals surface area contributed by atoms with E-state index in [0.717, 1.165) is 40.5 Å². The van der Waals surface area contributed by atoms with E-state index in [2.05, 4.69) is 41.9 Å². The van der Waals surface area contributed by atoms with Crippen molar-refractivity contribution in [1.29, 1.82) is 0 Å². The van der Waals surface area contributed by atoms with Crippen molar-refractivity contribution in [2.45, 2.75) is 40.0 Å². The Bertz CT molecular complexity index is 926. The van der Waals surface area contributed by atoms with Crippen LogP contribution in [0.25, 0.3) is 0 Å². The van der Waals surface area contributed by atoms with Crippen LogP contribution in [-0.2, 0) is 27.2 Å². The smallest absolute Gasteiger partial charge is 0.235 e. The molecule has 5 nitrogen and oxygen atoms in total. The third kappa shape index (κ3) is 2.75. The third-order valence-corrected chi connectivity index (χ3v) is 8.14. The zero-order valence-electron chi connectivity index (χ0n) is 17.6. The van der Waals surface area contributed by atoms with Crippen LogP contribution < -0.4 is 4.90 Å². The molecule has 5 aliphatic rings. The fourth-order valence-electron chi connectivity index (χ4n) is 6.23. The summed E-state index contributed by atoms with van der Waals surface area (Å²) in [6.45, 7) is 5.63. The van der Waals surface area contributed by atoms with Crippen LogP contribution in [0.5, 0.6) is 0 Å². The largest absolute Gasteiger partial charge is 0.293 e. The van der Waals surface area contributed by atoms with E-state index < -0.39 is 0 Å². The zero-order valence-corrected chi connectivity index (χ0v) is 19.2. The average molecular weight is 471 g/mol. The molecule has 2 saturated carbocycles. The number of hydrogen-bond donors (Lipinski definition) is 0. The number of benzene rings is 1. The zero-order chi connectivity index (χ0) is 21.3. The van der Waals surface area contributed by atoms with Gasteiger partial charge in [0.25, 0.3) is 0 Å². The first-order valence-electron chi connectivity index (χ1n) is 11.0. The molecular weight excluding hydrogens is 444 g/mol. The number of amides is 3. The fourth-order valence-corrected chi connectivity index (χ4v) is 6.78. The Morgan fingerprint density at radius 2 is 1.53 bits per heavy atom. The molecule has 0 N–H and O–H groups in total. The molecule has 0 spiro atoms. The number of likely N-dealkylation sites (tertiary alicyclic amines) is 1. The molecule has 2 bridgehead atoms. The quantitative estimate of drug-likeness (QED) is 0.483. The summed E-state index contributed by atoms with van der Waals surface area (Å²) in [5.41, 5.74) is 2.92. The number of allylic oxidation sites excluding steroid dienone is 2. The third-order valence-electron chi connectivity index (χ3n) is 7.68. The highest BCUT2D eigenvalue weighted by Crippen LogP contribution is 2.65. The first-order chi connectivity index (χ1) is 14.4. The van der Waals surface area contributed by atoms with Crippen molar-refractivity contribution >= 4 is 39.3 Å². The van der Waals surface area contributed by atoms with Gasteiger partial charge < -0.3 is 0 Å². The average Bonchev–Trinajstić information content (AvgIpc) is 3.51. The molecule has 6 heteroatoms. The normalized spacial score (nSPS) is 33.0. The summed E-state index contributed by atoms with van der Waals surface area (Å²) in [5.74, 6) is 0.755. The number of carbonyl (C=O) groups excluding carboxylic acids is 3. The Kier molecular flexibility index (Phi) is 4.69. The van der Waals surface area contributed by atoms with Gasteiger partial charge in [0.2, 0.25) is 17.7 Å². The highest BCUT2D eigenvalue weighted by atomic mass is 79.9. The fraction of sp³-hybridized carbons (Fsp3) is 0.542. The van der Waals surface area contributed by atoms with Gasteiger partial charge in [0, 0.05) is 11.4 Å². The summed E-state index contributed by atoms with van der Waals surface area (Å²) < 4.78 is 0.977. The van der Waals surface area contributed by atoms with Crippen LogP contribution in [0.3, 0.4) is 0 Å². The second-order valence-corrected chi connectivity index (χ2v) is 10.0. The lowest BCUT2D eigenvalue weighted by molar-refractivity contribution is -0.140. The van der Waals surface area contributed by atoms with Crippen molar-refractivity contribution in [3.63, 3.8) is 0 Å². The van der Waals surface area contributed by atoms with Gasteiger partial charge in [0.05, 0.1) is 17.5 Å². The molecule has 0 radical (unpaired) electrons. The Hall–Kier alpha value is -1.95. The molecule has 4 aliphatic carbocycles. The van der Waals surface area contributed by atoms with Crippen LogP contribution in [0.2, 0.25) is 0 Å². The lowest BCUT2D eigenvalue weighted by Crippen LogP contribution is -2.45. The first kappa shape index (κ1) is 20.0. The topological polar surface area (TPSA) is 57.7 Å². The second-order valence-electron chi connectivity index (χ2n) is 9.13. The molecule has 1 aromatic rings. The number of halogens is 1. The minimum atomic E-state index is -0.230. The van der Waals surface area contributed by atoms with E-state index in [9.17, 15) is 14.4 Å². The predicted molar refractivity (Wildman–Crippen MR) is 117 cm³/mol. The highest BCUT2D eigenvalue weighted by Gasteiger charge is 2.67. The van der Waals surface area contributed by atoms with Gasteiger partial charge >= 0.3 is 0 Å². The molecule has 3 fully saturated rings. The lowest BCUT2D eigenvalue weighted by atomic mass is 9.63. The van der Waals surface area contributed by atoms with Gasteiger partial charge in [0.1, 0.15) is 6.67 Å². The van der Waals surface area contributed by atoms with Crippen LogP contribution >= 0.6 is 15.9 Å². The lowest BCUT2D eigenvalue weighted by Gasteiger charge is -2.37. The molecule has 3 amide bonds. The number of imide groups is 1. The molecule has 1 aromatic carbocycles. The number of rotatable bonds is 5. The van der Waals surface area contributed by atoms with E-state index in [-0.39, 0.29) is 48.1 Å². The van der Waals surface area contributed by atoms with Crippen LogP contribution in [0.1, 0.15) is 38.3 Å². The van der Waals surface area contributed by atoms with Gasteiger partial charge in [-0.3, -0.25) is 24.2 Å². The van der Waals surface area contributed by atoms with E-state index in [0.29, 0.717) is 11.8 Å². The van der Waals surface area contributed by atoms with Gasteiger partial charge in [-0.15, -0.1) is 0 Å². The molecule has 158 valence electrons. The monoisotopic (exact) mass is 470 g/mol. The predicted octanol–water partition coefficient (Wildman–Crippen LogP) is 3.94. The maximum atomic E-state index is 13.4. The Morgan fingerprint density at radius 3 is 1.97 bits per heavy atom. The molecular formula is C24H27BrN2O3. The van der Waals surface area contributed by atoms with Gasteiger partial charge in [0.15, 0.2) is 0 Å². The Labute approximate surface area is 185 Å². The molecule has 30 heavy (non-hydrogen) atoms. The van der Waals surface area contributed by atoms with Crippen LogP contribution in [0.4, 0.5) is 5.69 Å². The molecule has 0 aromatic heterocycles. The summed E-state index contributed by atoms with van der Waals surface area (Å²) >= 11 is 3.56. The molecule has 1 saturated heterocycles. The maximum absolute atomic E-state index is 13.4. The van der Waals surface area contributed by atoms with Crippen LogP contribution in [0.15, 0.2) is 28.8 Å². The SMILES string of the molecule is CCc1cc(Br)cc(CC)c1N(CN1C(=O)C2C3C=CC(C4CC34)C2C1=O)C(C)=O. The van der Waals surface area contributed by atoms with Crippen molar-refractivity contribution in [3.05, 3.63) is 39.9 Å². The van der Waals surface area contributed by atoms with E-state index in [1.54, 1.807) is 4.90 Å². The van der Waals surface area contributed by atoms with Gasteiger partial charge in [-0.05, 0) is 66.2 Å². The summed E-state index contributed by atoms with van der Waals surface area (Å²) in [6.07, 6.45) is 7.02. The number of hydrogen-bond acceptors (Lipinski definition) is 3. The molecule has 6 rings (SSSR count). The minimum absolute atomic E-state index is 0.0103. The first-order valence-corrected chi connectivity index (χ1v) is 11.8. The van der Waals surface area contributed by atoms with Crippen molar-refractivity contribution in [3.8, 4) is 0 Å². The van der Waals surface area contributed by atoms with Gasteiger partial charge in [-0.2, -0.15) is 0 Å². The van der Waals surface area contributed by atoms with Crippen molar-refractivity contribution in [1.82, 2.24) is 4.90 Å². The molecule has 1 heterocycles. The standard InChI is InChI=1S/C24H27BrN2O3/c1-4-13-8-15(25)9-14(5-2)22(13)26(12(3)28)11-27-23(29)20-16-6-7-17(19-10-18(16)19)21(20)24(27)30/h6-9,16-21H,4-5,10-11H2,1-3H3. The van der Waals surface area contributed by atoms with E-state index in [1.807, 2.05) is 12.1 Å². The Balaban J connectivity index is 1.50. The highest BCUT2D eigenvalue weighted by molar-refractivity contribution is 9.10. The van der Waals surface area contributed by atoms with E-state index >= 15 is 0 Å². The minimum Gasteiger partial charge on any atom is -0.293 e. The summed E-state index contributed by atoms with van der Waals surface area (Å²) in [4.78, 5) is 42.5. The molecule has 6 unspecified atom stereocenters. The van der Waals surface area contributed by atoms with Crippen molar-refractivity contribution < 1.29 is 14.4 Å². The summed E-state index contributed by atoms with van der Waals surface area (Å²) in [6, 6.07) is 4.05. The maximum Gasteiger partial charge on any atom is 0.235 e. The van der Waals surface area contributed by atoms with Crippen LogP contribution in [0, 0.1) is 35.5 Å². The number of nitrogens with zero attached hydrogens (tertiary/aromatic N) is 2. The van der Waals surface area contributed by atoms with Gasteiger partial charge in [-0.1, -0.05) is 41.9 Å². The summed E-state index contributed by atoms with van der Waals surface area (Å²) in [5, 5.41) is 0. The second kappa shape index (κ2) is 7.04. The number of anilines is 1. The molecule has 1 aliphatic heterocycles. The van der Waals surface area contributed by atoms with Crippen molar-refractivity contribution in [2.24, 2.45) is 35.5 Å². The van der Waals surface area contributed by atoms with E-state index in [1.165, 1.54) is 11.8 Å². The number of aryl methyl sites for hydroxylation is 2. The molecule has 6 atom stereocenters. The van der Waals surface area contributed by atoms with E-state index in [4.69, 9.17) is 0 Å². The van der Waals surface area contributed by atoms with Crippen molar-refractivity contribution in [2.75, 3.05) is 11.6 Å². The Morgan fingerprint density at radius 1 is 1.03 bits per heavy atom. The summed E-state index contributed by atoms with van der Waals surface area (Å²) in [7, 11) is 0. The van der Waals surface area contributed by atoms with Gasteiger partial charge in [-0.25, -0.2) is 0 Å². The van der Waals surface area contributed by atoms with Crippen LogP contribution in [-0.4, -0.2) is 29.3 Å². The number of carbonyl (C=O) groups is 3.